The summed E-state index contributed by atoms with van der Waals surface area (Å²) in [5.74, 6) is 0. The molecular formula is C7H18NP. The standard InChI is InChI=1S/C7H18NP/c1-6(8(5)9)7(2,3)4/h6H,9H2,1-5H3. The van der Waals surface area contributed by atoms with Crippen LogP contribution in [0.2, 0.25) is 0 Å². The summed E-state index contributed by atoms with van der Waals surface area (Å²) in [6, 6.07) is 0.613. The lowest BCUT2D eigenvalue weighted by molar-refractivity contribution is 0.228. The smallest absolute Gasteiger partial charge is 0.0146 e. The quantitative estimate of drug-likeness (QED) is 0.514. The molecule has 9 heavy (non-hydrogen) atoms. The SMILES string of the molecule is CC(N(C)P)C(C)(C)C. The molecule has 0 N–H and O–H groups in total. The van der Waals surface area contributed by atoms with Gasteiger partial charge in [-0.1, -0.05) is 30.2 Å². The van der Waals surface area contributed by atoms with E-state index in [1.807, 2.05) is 0 Å². The molecule has 0 saturated carbocycles. The highest BCUT2D eigenvalue weighted by Gasteiger charge is 2.21. The predicted octanol–water partition coefficient (Wildman–Crippen LogP) is 2.14. The van der Waals surface area contributed by atoms with Crippen molar-refractivity contribution in [2.24, 2.45) is 5.41 Å². The molecule has 0 aliphatic heterocycles. The van der Waals surface area contributed by atoms with Gasteiger partial charge in [-0.15, -0.1) is 0 Å². The molecule has 0 fully saturated rings. The molecule has 0 bridgehead atoms. The number of hydrogen-bond acceptors (Lipinski definition) is 1. The lowest BCUT2D eigenvalue weighted by Crippen LogP contribution is -2.33. The molecule has 0 heterocycles. The van der Waals surface area contributed by atoms with Crippen LogP contribution >= 0.6 is 9.39 Å². The van der Waals surface area contributed by atoms with Crippen LogP contribution in [0, 0.1) is 5.41 Å². The third-order valence-electron chi connectivity index (χ3n) is 1.86. The number of hydrogen-bond donors (Lipinski definition) is 0. The van der Waals surface area contributed by atoms with E-state index in [4.69, 9.17) is 0 Å². The Morgan fingerprint density at radius 3 is 1.67 bits per heavy atom. The van der Waals surface area contributed by atoms with E-state index in [0.717, 1.165) is 0 Å². The fraction of sp³-hybridized carbons (Fsp3) is 1.00. The van der Waals surface area contributed by atoms with Crippen molar-refractivity contribution in [2.75, 3.05) is 7.05 Å². The first-order valence-electron chi connectivity index (χ1n) is 3.33. The third-order valence-corrected chi connectivity index (χ3v) is 2.31. The van der Waals surface area contributed by atoms with E-state index in [1.54, 1.807) is 0 Å². The molecule has 0 aromatic rings. The van der Waals surface area contributed by atoms with Crippen molar-refractivity contribution >= 4 is 9.39 Å². The Bertz CT molecular complexity index is 83.4. The molecule has 0 saturated heterocycles. The molecule has 0 aromatic heterocycles. The summed E-state index contributed by atoms with van der Waals surface area (Å²) in [4.78, 5) is 0. The summed E-state index contributed by atoms with van der Waals surface area (Å²) in [5, 5.41) is 0. The van der Waals surface area contributed by atoms with Crippen LogP contribution in [-0.4, -0.2) is 17.8 Å². The van der Waals surface area contributed by atoms with Crippen LogP contribution in [0.3, 0.4) is 0 Å². The molecule has 0 amide bonds. The van der Waals surface area contributed by atoms with Crippen LogP contribution in [0.4, 0.5) is 0 Å². The van der Waals surface area contributed by atoms with Gasteiger partial charge in [-0.05, 0) is 19.4 Å². The summed E-state index contributed by atoms with van der Waals surface area (Å²) >= 11 is 0. The average Bonchev–Trinajstić information content (AvgIpc) is 1.62. The first kappa shape index (κ1) is 9.39. The van der Waals surface area contributed by atoms with Crippen LogP contribution in [0.1, 0.15) is 27.7 Å². The second-order valence-electron chi connectivity index (χ2n) is 3.71. The van der Waals surface area contributed by atoms with Gasteiger partial charge in [0.1, 0.15) is 0 Å². The molecule has 1 nitrogen and oxygen atoms in total. The number of rotatable bonds is 1. The molecule has 0 aliphatic rings. The molecule has 2 unspecified atom stereocenters. The van der Waals surface area contributed by atoms with E-state index >= 15 is 0 Å². The fourth-order valence-corrected chi connectivity index (χ4v) is 1.06. The van der Waals surface area contributed by atoms with E-state index in [1.165, 1.54) is 0 Å². The highest BCUT2D eigenvalue weighted by molar-refractivity contribution is 7.13. The Kier molecular flexibility index (Phi) is 3.11. The van der Waals surface area contributed by atoms with Crippen molar-refractivity contribution in [3.05, 3.63) is 0 Å². The van der Waals surface area contributed by atoms with Crippen molar-refractivity contribution < 1.29 is 0 Å². The molecule has 0 rings (SSSR count). The highest BCUT2D eigenvalue weighted by Crippen LogP contribution is 2.24. The molecule has 0 spiro atoms. The van der Waals surface area contributed by atoms with Gasteiger partial charge in [-0.25, -0.2) is 0 Å². The van der Waals surface area contributed by atoms with Crippen molar-refractivity contribution in [3.63, 3.8) is 0 Å². The first-order valence-corrected chi connectivity index (χ1v) is 3.85. The van der Waals surface area contributed by atoms with Crippen LogP contribution in [0.5, 0.6) is 0 Å². The molecule has 56 valence electrons. The average molecular weight is 147 g/mol. The van der Waals surface area contributed by atoms with E-state index < -0.39 is 0 Å². The minimum atomic E-state index is 0.385. The summed E-state index contributed by atoms with van der Waals surface area (Å²) in [5.41, 5.74) is 0.385. The lowest BCUT2D eigenvalue weighted by atomic mass is 9.88. The van der Waals surface area contributed by atoms with Crippen molar-refractivity contribution in [1.29, 1.82) is 0 Å². The maximum atomic E-state index is 2.69. The Morgan fingerprint density at radius 1 is 1.33 bits per heavy atom. The van der Waals surface area contributed by atoms with Gasteiger partial charge < -0.3 is 0 Å². The molecule has 2 heteroatoms. The summed E-state index contributed by atoms with van der Waals surface area (Å²) < 4.78 is 2.17. The predicted molar refractivity (Wildman–Crippen MR) is 46.4 cm³/mol. The largest absolute Gasteiger partial charge is 0.287 e. The molecule has 2 atom stereocenters. The zero-order valence-corrected chi connectivity index (χ0v) is 8.26. The Morgan fingerprint density at radius 2 is 1.67 bits per heavy atom. The normalized spacial score (nSPS) is 16.3. The van der Waals surface area contributed by atoms with Gasteiger partial charge in [0.05, 0.1) is 0 Å². The first-order chi connectivity index (χ1) is 3.85. The van der Waals surface area contributed by atoms with Crippen LogP contribution in [-0.2, 0) is 0 Å². The van der Waals surface area contributed by atoms with Gasteiger partial charge in [0.25, 0.3) is 0 Å². The lowest BCUT2D eigenvalue weighted by Gasteiger charge is -2.32. The zero-order valence-electron chi connectivity index (χ0n) is 7.10. The topological polar surface area (TPSA) is 3.24 Å². The molecule has 0 aromatic carbocycles. The zero-order chi connectivity index (χ0) is 7.65. The minimum absolute atomic E-state index is 0.385. The van der Waals surface area contributed by atoms with E-state index in [9.17, 15) is 0 Å². The highest BCUT2D eigenvalue weighted by atomic mass is 31.0. The molecule has 0 aliphatic carbocycles. The monoisotopic (exact) mass is 147 g/mol. The van der Waals surface area contributed by atoms with Crippen molar-refractivity contribution in [3.8, 4) is 0 Å². The van der Waals surface area contributed by atoms with E-state index in [-0.39, 0.29) is 0 Å². The van der Waals surface area contributed by atoms with E-state index in [0.29, 0.717) is 11.5 Å². The second kappa shape index (κ2) is 2.98. The Labute approximate surface area is 61.1 Å². The van der Waals surface area contributed by atoms with Crippen LogP contribution < -0.4 is 0 Å². The van der Waals surface area contributed by atoms with Gasteiger partial charge in [0, 0.05) is 6.04 Å². The van der Waals surface area contributed by atoms with Crippen molar-refractivity contribution in [1.82, 2.24) is 4.67 Å². The van der Waals surface area contributed by atoms with E-state index in [2.05, 4.69) is 48.8 Å². The Balaban J connectivity index is 3.88. The van der Waals surface area contributed by atoms with Crippen LogP contribution in [0.25, 0.3) is 0 Å². The van der Waals surface area contributed by atoms with Gasteiger partial charge in [-0.2, -0.15) is 0 Å². The molecule has 0 radical (unpaired) electrons. The summed E-state index contributed by atoms with van der Waals surface area (Å²) in [6.45, 7) is 8.97. The summed E-state index contributed by atoms with van der Waals surface area (Å²) in [6.07, 6.45) is 0. The second-order valence-corrected chi connectivity index (χ2v) is 4.52. The van der Waals surface area contributed by atoms with Gasteiger partial charge >= 0.3 is 0 Å². The van der Waals surface area contributed by atoms with Gasteiger partial charge in [0.2, 0.25) is 0 Å². The number of nitrogens with zero attached hydrogens (tertiary/aromatic N) is 1. The Hall–Kier alpha value is 0.390. The van der Waals surface area contributed by atoms with Gasteiger partial charge in [0.15, 0.2) is 0 Å². The van der Waals surface area contributed by atoms with Gasteiger partial charge in [-0.3, -0.25) is 4.67 Å². The summed E-state index contributed by atoms with van der Waals surface area (Å²) in [7, 11) is 4.78. The minimum Gasteiger partial charge on any atom is -0.287 e. The third kappa shape index (κ3) is 3.17. The fourth-order valence-electron chi connectivity index (χ4n) is 0.611. The van der Waals surface area contributed by atoms with Crippen molar-refractivity contribution in [2.45, 2.75) is 33.7 Å². The molecular weight excluding hydrogens is 129 g/mol. The maximum Gasteiger partial charge on any atom is 0.0146 e. The maximum absolute atomic E-state index is 2.69. The van der Waals surface area contributed by atoms with Crippen LogP contribution in [0.15, 0.2) is 0 Å².